The Morgan fingerprint density at radius 2 is 1.86 bits per heavy atom. The molecule has 21 heavy (non-hydrogen) atoms. The number of aryl methyl sites for hydroxylation is 2. The Hall–Kier alpha value is -1.81. The molecule has 2 aromatic rings. The molecular formula is C17H25N3O. The molecule has 2 rings (SSSR count). The van der Waals surface area contributed by atoms with Crippen molar-refractivity contribution < 1.29 is 4.74 Å². The van der Waals surface area contributed by atoms with Crippen LogP contribution in [0.4, 0.5) is 0 Å². The maximum absolute atomic E-state index is 6.29. The Labute approximate surface area is 127 Å². The van der Waals surface area contributed by atoms with E-state index in [9.17, 15) is 0 Å². The van der Waals surface area contributed by atoms with Crippen molar-refractivity contribution in [2.45, 2.75) is 39.8 Å². The fourth-order valence-electron chi connectivity index (χ4n) is 2.30. The highest BCUT2D eigenvalue weighted by atomic mass is 16.5. The van der Waals surface area contributed by atoms with Crippen molar-refractivity contribution in [3.63, 3.8) is 0 Å². The van der Waals surface area contributed by atoms with Crippen LogP contribution in [0.2, 0.25) is 0 Å². The summed E-state index contributed by atoms with van der Waals surface area (Å²) in [4.78, 5) is 0. The number of hydrogen-bond acceptors (Lipinski definition) is 3. The molecule has 0 saturated heterocycles. The molecule has 1 atom stereocenters. The molecule has 4 nitrogen and oxygen atoms in total. The van der Waals surface area contributed by atoms with Gasteiger partial charge in [0.1, 0.15) is 11.8 Å². The summed E-state index contributed by atoms with van der Waals surface area (Å²) in [5, 5.41) is 7.88. The molecule has 1 aromatic carbocycles. The van der Waals surface area contributed by atoms with Crippen LogP contribution in [0.15, 0.2) is 30.3 Å². The van der Waals surface area contributed by atoms with Gasteiger partial charge in [0.05, 0.1) is 5.69 Å². The van der Waals surface area contributed by atoms with Crippen LogP contribution >= 0.6 is 0 Å². The van der Waals surface area contributed by atoms with E-state index in [2.05, 4.69) is 36.4 Å². The standard InChI is InChI=1S/C17H25N3O/c1-12(2)18-11-16(15-9-7-6-8-10-15)21-17-13(3)19-20(5)14(17)4/h6-10,12,16,18H,11H2,1-5H3. The first-order chi connectivity index (χ1) is 9.99. The molecule has 0 fully saturated rings. The highest BCUT2D eigenvalue weighted by molar-refractivity contribution is 5.33. The van der Waals surface area contributed by atoms with Crippen LogP contribution in [0.3, 0.4) is 0 Å². The van der Waals surface area contributed by atoms with E-state index in [1.54, 1.807) is 0 Å². The van der Waals surface area contributed by atoms with Crippen molar-refractivity contribution >= 4 is 0 Å². The average molecular weight is 287 g/mol. The van der Waals surface area contributed by atoms with Crippen molar-refractivity contribution in [1.82, 2.24) is 15.1 Å². The van der Waals surface area contributed by atoms with E-state index in [1.165, 1.54) is 5.56 Å². The van der Waals surface area contributed by atoms with E-state index < -0.39 is 0 Å². The normalized spacial score (nSPS) is 12.7. The Morgan fingerprint density at radius 1 is 1.19 bits per heavy atom. The summed E-state index contributed by atoms with van der Waals surface area (Å²) in [6.45, 7) is 9.08. The largest absolute Gasteiger partial charge is 0.481 e. The van der Waals surface area contributed by atoms with Gasteiger partial charge in [-0.05, 0) is 19.4 Å². The smallest absolute Gasteiger partial charge is 0.163 e. The van der Waals surface area contributed by atoms with E-state index in [-0.39, 0.29) is 6.10 Å². The Bertz CT molecular complexity index is 575. The Kier molecular flexibility index (Phi) is 5.02. The highest BCUT2D eigenvalue weighted by Gasteiger charge is 2.18. The maximum Gasteiger partial charge on any atom is 0.163 e. The van der Waals surface area contributed by atoms with Crippen molar-refractivity contribution in [3.05, 3.63) is 47.3 Å². The lowest BCUT2D eigenvalue weighted by atomic mass is 10.1. The van der Waals surface area contributed by atoms with Crippen LogP contribution in [0.1, 0.15) is 36.9 Å². The number of ether oxygens (including phenoxy) is 1. The van der Waals surface area contributed by atoms with Gasteiger partial charge in [0, 0.05) is 19.6 Å². The average Bonchev–Trinajstić information content (AvgIpc) is 2.70. The van der Waals surface area contributed by atoms with Gasteiger partial charge in [-0.2, -0.15) is 5.10 Å². The zero-order valence-corrected chi connectivity index (χ0v) is 13.6. The molecular weight excluding hydrogens is 262 g/mol. The third-order valence-electron chi connectivity index (χ3n) is 3.59. The lowest BCUT2D eigenvalue weighted by Gasteiger charge is -2.21. The van der Waals surface area contributed by atoms with Crippen LogP contribution in [0.5, 0.6) is 5.75 Å². The zero-order valence-electron chi connectivity index (χ0n) is 13.6. The molecule has 1 heterocycles. The minimum atomic E-state index is -0.0183. The number of nitrogens with zero attached hydrogens (tertiary/aromatic N) is 2. The fraction of sp³-hybridized carbons (Fsp3) is 0.471. The van der Waals surface area contributed by atoms with Gasteiger partial charge < -0.3 is 10.1 Å². The molecule has 0 aliphatic carbocycles. The van der Waals surface area contributed by atoms with E-state index in [0.29, 0.717) is 6.04 Å². The maximum atomic E-state index is 6.29. The van der Waals surface area contributed by atoms with Gasteiger partial charge in [0.25, 0.3) is 0 Å². The Balaban J connectivity index is 2.23. The zero-order chi connectivity index (χ0) is 15.4. The molecule has 0 radical (unpaired) electrons. The van der Waals surface area contributed by atoms with Crippen molar-refractivity contribution in [3.8, 4) is 5.75 Å². The summed E-state index contributed by atoms with van der Waals surface area (Å²) in [5.74, 6) is 0.886. The van der Waals surface area contributed by atoms with E-state index in [4.69, 9.17) is 4.74 Å². The van der Waals surface area contributed by atoms with Crippen LogP contribution in [0, 0.1) is 13.8 Å². The third kappa shape index (κ3) is 3.85. The number of hydrogen-bond donors (Lipinski definition) is 1. The van der Waals surface area contributed by atoms with Crippen LogP contribution in [-0.2, 0) is 7.05 Å². The molecule has 0 amide bonds. The second-order valence-electron chi connectivity index (χ2n) is 5.70. The molecule has 0 aliphatic rings. The first-order valence-corrected chi connectivity index (χ1v) is 7.44. The number of benzene rings is 1. The third-order valence-corrected chi connectivity index (χ3v) is 3.59. The van der Waals surface area contributed by atoms with Gasteiger partial charge in [-0.25, -0.2) is 0 Å². The van der Waals surface area contributed by atoms with Gasteiger partial charge in [-0.3, -0.25) is 4.68 Å². The number of nitrogens with one attached hydrogen (secondary N) is 1. The van der Waals surface area contributed by atoms with Crippen LogP contribution in [0.25, 0.3) is 0 Å². The molecule has 114 valence electrons. The second kappa shape index (κ2) is 6.76. The summed E-state index contributed by atoms with van der Waals surface area (Å²) in [7, 11) is 1.94. The van der Waals surface area contributed by atoms with Gasteiger partial charge in [-0.1, -0.05) is 44.2 Å². The van der Waals surface area contributed by atoms with Crippen molar-refractivity contribution in [1.29, 1.82) is 0 Å². The number of aromatic nitrogens is 2. The van der Waals surface area contributed by atoms with Gasteiger partial charge in [0.2, 0.25) is 0 Å². The SMILES string of the molecule is Cc1nn(C)c(C)c1OC(CNC(C)C)c1ccccc1. The topological polar surface area (TPSA) is 39.1 Å². The first-order valence-electron chi connectivity index (χ1n) is 7.44. The van der Waals surface area contributed by atoms with Gasteiger partial charge >= 0.3 is 0 Å². The fourth-order valence-corrected chi connectivity index (χ4v) is 2.30. The molecule has 0 bridgehead atoms. The van der Waals surface area contributed by atoms with Gasteiger partial charge in [-0.15, -0.1) is 0 Å². The first kappa shape index (κ1) is 15.6. The lowest BCUT2D eigenvalue weighted by molar-refractivity contribution is 0.195. The summed E-state index contributed by atoms with van der Waals surface area (Å²) in [6, 6.07) is 10.8. The summed E-state index contributed by atoms with van der Waals surface area (Å²) in [6.07, 6.45) is -0.0183. The molecule has 1 aromatic heterocycles. The molecule has 0 saturated carbocycles. The highest BCUT2D eigenvalue weighted by Crippen LogP contribution is 2.27. The van der Waals surface area contributed by atoms with E-state index >= 15 is 0 Å². The van der Waals surface area contributed by atoms with Crippen molar-refractivity contribution in [2.24, 2.45) is 7.05 Å². The second-order valence-corrected chi connectivity index (χ2v) is 5.70. The predicted octanol–water partition coefficient (Wildman–Crippen LogP) is 3.16. The molecule has 0 aliphatic heterocycles. The summed E-state index contributed by atoms with van der Waals surface area (Å²) >= 11 is 0. The van der Waals surface area contributed by atoms with Gasteiger partial charge in [0.15, 0.2) is 5.75 Å². The van der Waals surface area contributed by atoms with Crippen LogP contribution < -0.4 is 10.1 Å². The summed E-state index contributed by atoms with van der Waals surface area (Å²) < 4.78 is 8.15. The molecule has 1 unspecified atom stereocenters. The number of rotatable bonds is 6. The molecule has 1 N–H and O–H groups in total. The van der Waals surface area contributed by atoms with E-state index in [1.807, 2.05) is 43.8 Å². The minimum absolute atomic E-state index is 0.0183. The van der Waals surface area contributed by atoms with E-state index in [0.717, 1.165) is 23.7 Å². The minimum Gasteiger partial charge on any atom is -0.481 e. The summed E-state index contributed by atoms with van der Waals surface area (Å²) in [5.41, 5.74) is 3.16. The molecule has 4 heteroatoms. The predicted molar refractivity (Wildman–Crippen MR) is 85.6 cm³/mol. The van der Waals surface area contributed by atoms with Crippen LogP contribution in [-0.4, -0.2) is 22.4 Å². The monoisotopic (exact) mass is 287 g/mol. The quantitative estimate of drug-likeness (QED) is 0.887. The molecule has 0 spiro atoms. The lowest BCUT2D eigenvalue weighted by Crippen LogP contribution is -2.30. The van der Waals surface area contributed by atoms with Crippen molar-refractivity contribution in [2.75, 3.05) is 6.54 Å². The Morgan fingerprint density at radius 3 is 2.38 bits per heavy atom.